The van der Waals surface area contributed by atoms with Crippen LogP contribution in [0.15, 0.2) is 36.4 Å². The minimum Gasteiger partial charge on any atom is -0.380 e. The van der Waals surface area contributed by atoms with Gasteiger partial charge in [-0.25, -0.2) is 4.39 Å². The molecule has 0 spiro atoms. The molecule has 0 heterocycles. The maximum Gasteiger partial charge on any atom is 0.141 e. The van der Waals surface area contributed by atoms with Crippen LogP contribution in [-0.2, 0) is 6.54 Å². The maximum absolute atomic E-state index is 13.0. The van der Waals surface area contributed by atoms with Crippen molar-refractivity contribution >= 4 is 17.3 Å². The average molecular weight is 275 g/mol. The van der Waals surface area contributed by atoms with E-state index < -0.39 is 5.82 Å². The van der Waals surface area contributed by atoms with Gasteiger partial charge in [0.2, 0.25) is 0 Å². The number of nitrogens with zero attached hydrogens (tertiary/aromatic N) is 1. The molecule has 2 nitrogen and oxygen atoms in total. The van der Waals surface area contributed by atoms with Crippen molar-refractivity contribution in [1.82, 2.24) is 0 Å². The highest BCUT2D eigenvalue weighted by Crippen LogP contribution is 2.20. The van der Waals surface area contributed by atoms with E-state index in [4.69, 9.17) is 16.9 Å². The summed E-state index contributed by atoms with van der Waals surface area (Å²) in [5.41, 5.74) is 3.28. The lowest BCUT2D eigenvalue weighted by Gasteiger charge is -2.09. The molecule has 0 aliphatic carbocycles. The first-order valence-corrected chi connectivity index (χ1v) is 6.16. The van der Waals surface area contributed by atoms with Crippen LogP contribution in [0.4, 0.5) is 10.1 Å². The molecule has 0 unspecified atom stereocenters. The van der Waals surface area contributed by atoms with Gasteiger partial charge in [0.05, 0.1) is 16.3 Å². The fraction of sp³-hybridized carbons (Fsp3) is 0.133. The van der Waals surface area contributed by atoms with Gasteiger partial charge in [0.15, 0.2) is 0 Å². The maximum atomic E-state index is 13.0. The van der Waals surface area contributed by atoms with Crippen LogP contribution in [0.3, 0.4) is 0 Å². The van der Waals surface area contributed by atoms with E-state index in [1.807, 2.05) is 19.1 Å². The molecule has 0 aliphatic heterocycles. The average Bonchev–Trinajstić information content (AvgIpc) is 2.40. The van der Waals surface area contributed by atoms with Gasteiger partial charge in [-0.05, 0) is 42.3 Å². The second-order valence-electron chi connectivity index (χ2n) is 4.26. The van der Waals surface area contributed by atoms with E-state index in [1.54, 1.807) is 18.2 Å². The molecule has 0 aromatic heterocycles. The fourth-order valence-electron chi connectivity index (χ4n) is 1.75. The van der Waals surface area contributed by atoms with Crippen LogP contribution in [-0.4, -0.2) is 0 Å². The summed E-state index contributed by atoms with van der Waals surface area (Å²) in [5.74, 6) is -0.432. The van der Waals surface area contributed by atoms with Crippen molar-refractivity contribution in [2.45, 2.75) is 13.5 Å². The van der Waals surface area contributed by atoms with Gasteiger partial charge in [0, 0.05) is 6.54 Å². The Labute approximate surface area is 116 Å². The highest BCUT2D eigenvalue weighted by atomic mass is 35.5. The molecule has 2 rings (SSSR count). The summed E-state index contributed by atoms with van der Waals surface area (Å²) in [6.45, 7) is 2.44. The summed E-state index contributed by atoms with van der Waals surface area (Å²) in [4.78, 5) is 0. The molecule has 0 atom stereocenters. The summed E-state index contributed by atoms with van der Waals surface area (Å²) < 4.78 is 13.0. The highest BCUT2D eigenvalue weighted by molar-refractivity contribution is 6.30. The Morgan fingerprint density at radius 1 is 1.26 bits per heavy atom. The SMILES string of the molecule is Cc1ccc(C#N)c(NCc2ccc(F)c(Cl)c2)c1. The van der Waals surface area contributed by atoms with E-state index in [0.29, 0.717) is 12.1 Å². The molecule has 4 heteroatoms. The number of hydrogen-bond donors (Lipinski definition) is 1. The smallest absolute Gasteiger partial charge is 0.141 e. The molecule has 0 saturated heterocycles. The van der Waals surface area contributed by atoms with Crippen LogP contribution < -0.4 is 5.32 Å². The van der Waals surface area contributed by atoms with Gasteiger partial charge in [-0.3, -0.25) is 0 Å². The summed E-state index contributed by atoms with van der Waals surface area (Å²) >= 11 is 5.72. The molecular weight excluding hydrogens is 263 g/mol. The third-order valence-corrected chi connectivity index (χ3v) is 3.05. The summed E-state index contributed by atoms with van der Waals surface area (Å²) in [5, 5.41) is 12.3. The largest absolute Gasteiger partial charge is 0.380 e. The molecule has 2 aromatic carbocycles. The Balaban J connectivity index is 2.16. The van der Waals surface area contributed by atoms with Gasteiger partial charge in [0.1, 0.15) is 11.9 Å². The van der Waals surface area contributed by atoms with E-state index in [9.17, 15) is 4.39 Å². The lowest BCUT2D eigenvalue weighted by molar-refractivity contribution is 0.627. The molecule has 0 amide bonds. The van der Waals surface area contributed by atoms with Crippen molar-refractivity contribution < 1.29 is 4.39 Å². The summed E-state index contributed by atoms with van der Waals surface area (Å²) in [6, 6.07) is 12.3. The zero-order chi connectivity index (χ0) is 13.8. The second-order valence-corrected chi connectivity index (χ2v) is 4.67. The number of aryl methyl sites for hydroxylation is 1. The minimum absolute atomic E-state index is 0.101. The predicted octanol–water partition coefficient (Wildman–Crippen LogP) is 4.27. The lowest BCUT2D eigenvalue weighted by Crippen LogP contribution is -2.02. The van der Waals surface area contributed by atoms with Crippen LogP contribution in [0.2, 0.25) is 5.02 Å². The standard InChI is InChI=1S/C15H12ClFN2/c1-10-2-4-12(8-18)15(6-10)19-9-11-3-5-14(17)13(16)7-11/h2-7,19H,9H2,1H3. The number of benzene rings is 2. The Hall–Kier alpha value is -2.05. The van der Waals surface area contributed by atoms with Crippen molar-refractivity contribution in [2.24, 2.45) is 0 Å². The normalized spacial score (nSPS) is 10.0. The monoisotopic (exact) mass is 274 g/mol. The second kappa shape index (κ2) is 5.73. The van der Waals surface area contributed by atoms with Crippen molar-refractivity contribution in [3.8, 4) is 6.07 Å². The number of nitrogens with one attached hydrogen (secondary N) is 1. The number of anilines is 1. The summed E-state index contributed by atoms with van der Waals surface area (Å²) in [6.07, 6.45) is 0. The molecular formula is C15H12ClFN2. The molecule has 0 fully saturated rings. The number of nitriles is 1. The van der Waals surface area contributed by atoms with Gasteiger partial charge >= 0.3 is 0 Å². The first-order chi connectivity index (χ1) is 9.10. The van der Waals surface area contributed by atoms with E-state index in [1.165, 1.54) is 6.07 Å². The zero-order valence-corrected chi connectivity index (χ0v) is 11.1. The van der Waals surface area contributed by atoms with Crippen LogP contribution in [0.1, 0.15) is 16.7 Å². The number of rotatable bonds is 3. The molecule has 0 bridgehead atoms. The number of hydrogen-bond acceptors (Lipinski definition) is 2. The molecule has 1 N–H and O–H groups in total. The Morgan fingerprint density at radius 2 is 2.05 bits per heavy atom. The van der Waals surface area contributed by atoms with Crippen molar-refractivity contribution in [3.63, 3.8) is 0 Å². The predicted molar refractivity (Wildman–Crippen MR) is 74.6 cm³/mol. The molecule has 0 aliphatic rings. The summed E-state index contributed by atoms with van der Waals surface area (Å²) in [7, 11) is 0. The Kier molecular flexibility index (Phi) is 4.03. The Morgan fingerprint density at radius 3 is 2.74 bits per heavy atom. The molecule has 19 heavy (non-hydrogen) atoms. The zero-order valence-electron chi connectivity index (χ0n) is 10.4. The van der Waals surface area contributed by atoms with E-state index in [2.05, 4.69) is 11.4 Å². The highest BCUT2D eigenvalue weighted by Gasteiger charge is 2.04. The van der Waals surface area contributed by atoms with Crippen LogP contribution in [0.25, 0.3) is 0 Å². The van der Waals surface area contributed by atoms with Crippen molar-refractivity contribution in [1.29, 1.82) is 5.26 Å². The third kappa shape index (κ3) is 3.24. The van der Waals surface area contributed by atoms with Crippen LogP contribution in [0, 0.1) is 24.1 Å². The topological polar surface area (TPSA) is 35.8 Å². The molecule has 0 saturated carbocycles. The Bertz CT molecular complexity index is 647. The van der Waals surface area contributed by atoms with E-state index in [0.717, 1.165) is 16.8 Å². The molecule has 2 aromatic rings. The van der Waals surface area contributed by atoms with Gasteiger partial charge in [-0.1, -0.05) is 23.7 Å². The van der Waals surface area contributed by atoms with Crippen LogP contribution in [0.5, 0.6) is 0 Å². The van der Waals surface area contributed by atoms with Crippen molar-refractivity contribution in [3.05, 3.63) is 63.9 Å². The van der Waals surface area contributed by atoms with E-state index in [-0.39, 0.29) is 5.02 Å². The molecule has 0 radical (unpaired) electrons. The third-order valence-electron chi connectivity index (χ3n) is 2.76. The van der Waals surface area contributed by atoms with Crippen LogP contribution >= 0.6 is 11.6 Å². The molecule has 96 valence electrons. The van der Waals surface area contributed by atoms with Crippen molar-refractivity contribution in [2.75, 3.05) is 5.32 Å². The number of halogens is 2. The van der Waals surface area contributed by atoms with Gasteiger partial charge in [-0.15, -0.1) is 0 Å². The van der Waals surface area contributed by atoms with Gasteiger partial charge < -0.3 is 5.32 Å². The first-order valence-electron chi connectivity index (χ1n) is 5.78. The van der Waals surface area contributed by atoms with E-state index >= 15 is 0 Å². The first kappa shape index (κ1) is 13.4. The quantitative estimate of drug-likeness (QED) is 0.907. The van der Waals surface area contributed by atoms with Gasteiger partial charge in [-0.2, -0.15) is 5.26 Å². The fourth-order valence-corrected chi connectivity index (χ4v) is 1.95. The lowest BCUT2D eigenvalue weighted by atomic mass is 10.1. The minimum atomic E-state index is -0.432. The van der Waals surface area contributed by atoms with Gasteiger partial charge in [0.25, 0.3) is 0 Å².